The van der Waals surface area contributed by atoms with Gasteiger partial charge in [0, 0.05) is 36.6 Å². The summed E-state index contributed by atoms with van der Waals surface area (Å²) in [6.45, 7) is 1.80. The smallest absolute Gasteiger partial charge is 0.255 e. The summed E-state index contributed by atoms with van der Waals surface area (Å²) >= 11 is 0. The third-order valence-corrected chi connectivity index (χ3v) is 8.67. The molecular formula is C34H32FN5O5. The number of hydrogen-bond donors (Lipinski definition) is 1. The van der Waals surface area contributed by atoms with Crippen molar-refractivity contribution in [3.8, 4) is 11.8 Å². The number of rotatable bonds is 8. The Labute approximate surface area is 260 Å². The lowest BCUT2D eigenvalue weighted by atomic mass is 9.87. The highest BCUT2D eigenvalue weighted by Crippen LogP contribution is 2.34. The van der Waals surface area contributed by atoms with Crippen molar-refractivity contribution in [1.82, 2.24) is 10.2 Å². The Kier molecular flexibility index (Phi) is 8.47. The second-order valence-corrected chi connectivity index (χ2v) is 11.4. The van der Waals surface area contributed by atoms with Crippen LogP contribution in [-0.2, 0) is 27.6 Å². The van der Waals surface area contributed by atoms with E-state index in [0.29, 0.717) is 42.1 Å². The highest BCUT2D eigenvalue weighted by Gasteiger charge is 2.40. The van der Waals surface area contributed by atoms with Gasteiger partial charge < -0.3 is 19.4 Å². The van der Waals surface area contributed by atoms with Gasteiger partial charge >= 0.3 is 0 Å². The summed E-state index contributed by atoms with van der Waals surface area (Å²) in [4.78, 5) is 45.8. The summed E-state index contributed by atoms with van der Waals surface area (Å²) in [5.74, 6) is -0.704. The summed E-state index contributed by atoms with van der Waals surface area (Å²) in [6, 6.07) is 19.0. The van der Waals surface area contributed by atoms with Gasteiger partial charge in [-0.05, 0) is 60.7 Å². The molecule has 0 saturated carbocycles. The number of ether oxygens (including phenoxy) is 1. The fourth-order valence-electron chi connectivity index (χ4n) is 6.31. The summed E-state index contributed by atoms with van der Waals surface area (Å²) in [5, 5.41) is 15.7. The second kappa shape index (κ2) is 12.8. The van der Waals surface area contributed by atoms with Gasteiger partial charge in [0.15, 0.2) is 0 Å². The zero-order valence-corrected chi connectivity index (χ0v) is 24.8. The lowest BCUT2D eigenvalue weighted by Crippen LogP contribution is -2.52. The maximum Gasteiger partial charge on any atom is 0.255 e. The van der Waals surface area contributed by atoms with Gasteiger partial charge in [0.2, 0.25) is 11.8 Å². The van der Waals surface area contributed by atoms with E-state index in [1.807, 2.05) is 41.3 Å². The molecule has 0 aromatic heterocycles. The minimum atomic E-state index is -0.685. The van der Waals surface area contributed by atoms with Crippen molar-refractivity contribution >= 4 is 29.1 Å². The molecule has 1 atom stereocenters. The predicted octanol–water partition coefficient (Wildman–Crippen LogP) is 4.30. The molecule has 0 aliphatic carbocycles. The maximum absolute atomic E-state index is 14.6. The van der Waals surface area contributed by atoms with Crippen LogP contribution in [0.3, 0.4) is 0 Å². The number of nitrogens with zero attached hydrogens (tertiary/aromatic N) is 4. The number of benzene rings is 3. The second-order valence-electron chi connectivity index (χ2n) is 11.4. The molecule has 0 bridgehead atoms. The highest BCUT2D eigenvalue weighted by molar-refractivity contribution is 6.05. The average Bonchev–Trinajstić information content (AvgIpc) is 3.39. The number of piperidine rings is 2. The molecule has 1 N–H and O–H groups in total. The van der Waals surface area contributed by atoms with Crippen molar-refractivity contribution in [1.29, 1.82) is 5.26 Å². The minimum absolute atomic E-state index is 0.126. The third kappa shape index (κ3) is 6.09. The van der Waals surface area contributed by atoms with Gasteiger partial charge in [-0.2, -0.15) is 5.26 Å². The van der Waals surface area contributed by atoms with Crippen LogP contribution in [0, 0.1) is 23.1 Å². The Hall–Kier alpha value is -5.24. The lowest BCUT2D eigenvalue weighted by Gasteiger charge is -2.34. The molecule has 0 unspecified atom stereocenters. The van der Waals surface area contributed by atoms with Crippen LogP contribution in [0.5, 0.6) is 5.75 Å². The van der Waals surface area contributed by atoms with Crippen molar-refractivity contribution in [2.24, 2.45) is 11.1 Å². The Morgan fingerprint density at radius 1 is 1.07 bits per heavy atom. The highest BCUT2D eigenvalue weighted by atomic mass is 19.1. The van der Waals surface area contributed by atoms with Crippen LogP contribution in [0.4, 0.5) is 10.1 Å². The normalized spacial score (nSPS) is 18.8. The van der Waals surface area contributed by atoms with Crippen LogP contribution in [0.2, 0.25) is 0 Å². The summed E-state index contributed by atoms with van der Waals surface area (Å²) in [7, 11) is 1.52. The molecule has 3 aliphatic heterocycles. The molecule has 3 aliphatic rings. The minimum Gasteiger partial charge on any atom is -0.489 e. The molecule has 3 amide bonds. The van der Waals surface area contributed by atoms with E-state index in [1.165, 1.54) is 18.1 Å². The number of imide groups is 1. The van der Waals surface area contributed by atoms with Crippen LogP contribution >= 0.6 is 0 Å². The van der Waals surface area contributed by atoms with E-state index in [9.17, 15) is 18.8 Å². The Morgan fingerprint density at radius 2 is 1.84 bits per heavy atom. The van der Waals surface area contributed by atoms with Crippen LogP contribution in [0.25, 0.3) is 0 Å². The fourth-order valence-corrected chi connectivity index (χ4v) is 6.31. The third-order valence-electron chi connectivity index (χ3n) is 8.67. The SMILES string of the molecule is CO/N=C(/c1ccc(COc2cccc3c2CN([C@H]2CCC(=O)NC2=O)C3=O)cc1)C1CCN(c2ccc(C#N)cc2F)CC1. The van der Waals surface area contributed by atoms with Gasteiger partial charge in [0.05, 0.1) is 29.6 Å². The largest absolute Gasteiger partial charge is 0.489 e. The zero-order valence-electron chi connectivity index (χ0n) is 24.8. The molecule has 2 fully saturated rings. The summed E-state index contributed by atoms with van der Waals surface area (Å²) in [5.41, 5.74) is 4.71. The molecule has 3 aromatic carbocycles. The number of amides is 3. The van der Waals surface area contributed by atoms with Crippen LogP contribution in [0.1, 0.15) is 58.3 Å². The molecule has 6 rings (SSSR count). The van der Waals surface area contributed by atoms with Crippen molar-refractivity contribution in [2.45, 2.75) is 44.9 Å². The lowest BCUT2D eigenvalue weighted by molar-refractivity contribution is -0.136. The molecule has 3 heterocycles. The number of carbonyl (C=O) groups excluding carboxylic acids is 3. The van der Waals surface area contributed by atoms with Crippen molar-refractivity contribution in [2.75, 3.05) is 25.1 Å². The first-order valence-electron chi connectivity index (χ1n) is 14.9. The van der Waals surface area contributed by atoms with Gasteiger partial charge in [-0.25, -0.2) is 4.39 Å². The molecule has 0 spiro atoms. The monoisotopic (exact) mass is 609 g/mol. The quantitative estimate of drug-likeness (QED) is 0.229. The standard InChI is InChI=1S/C34H32FN5O5/c1-44-38-32(24-13-15-39(16-14-24)28-10-7-22(18-36)17-27(28)35)23-8-5-21(6-9-23)20-45-30-4-2-3-25-26(30)19-40(34(25)43)29-11-12-31(41)37-33(29)42/h2-10,17,24,29H,11-16,19-20H2,1H3,(H,37,41,42)/b38-32-/t29-/m0/s1. The van der Waals surface area contributed by atoms with Crippen LogP contribution in [0.15, 0.2) is 65.8 Å². The number of oxime groups is 1. The van der Waals surface area contributed by atoms with Crippen LogP contribution < -0.4 is 15.0 Å². The van der Waals surface area contributed by atoms with E-state index < -0.39 is 17.8 Å². The van der Waals surface area contributed by atoms with E-state index in [-0.39, 0.29) is 37.3 Å². The van der Waals surface area contributed by atoms with E-state index in [4.69, 9.17) is 14.8 Å². The Bertz CT molecular complexity index is 1710. The number of carbonyl (C=O) groups is 3. The number of halogens is 1. The number of anilines is 1. The fraction of sp³-hybridized carbons (Fsp3) is 0.324. The first-order chi connectivity index (χ1) is 21.9. The zero-order chi connectivity index (χ0) is 31.5. The number of nitrogens with one attached hydrogen (secondary N) is 1. The number of nitriles is 1. The summed E-state index contributed by atoms with van der Waals surface area (Å²) < 4.78 is 20.7. The summed E-state index contributed by atoms with van der Waals surface area (Å²) in [6.07, 6.45) is 2.03. The predicted molar refractivity (Wildman–Crippen MR) is 163 cm³/mol. The average molecular weight is 610 g/mol. The topological polar surface area (TPSA) is 124 Å². The van der Waals surface area contributed by atoms with Gasteiger partial charge in [-0.1, -0.05) is 35.5 Å². The number of fused-ring (bicyclic) bond motifs is 1. The molecular weight excluding hydrogens is 577 g/mol. The molecule has 10 nitrogen and oxygen atoms in total. The molecule has 2 saturated heterocycles. The van der Waals surface area contributed by atoms with E-state index in [1.54, 1.807) is 24.3 Å². The molecule has 0 radical (unpaired) electrons. The van der Waals surface area contributed by atoms with Gasteiger partial charge in [0.1, 0.15) is 31.3 Å². The van der Waals surface area contributed by atoms with Crippen molar-refractivity contribution in [3.05, 3.63) is 94.3 Å². The van der Waals surface area contributed by atoms with Gasteiger partial charge in [-0.3, -0.25) is 19.7 Å². The Morgan fingerprint density at radius 3 is 2.53 bits per heavy atom. The first-order valence-corrected chi connectivity index (χ1v) is 14.9. The molecule has 3 aromatic rings. The molecule has 230 valence electrons. The molecule has 11 heteroatoms. The van der Waals surface area contributed by atoms with E-state index in [2.05, 4.69) is 10.5 Å². The molecule has 45 heavy (non-hydrogen) atoms. The maximum atomic E-state index is 14.6. The van der Waals surface area contributed by atoms with Gasteiger partial charge in [-0.15, -0.1) is 0 Å². The van der Waals surface area contributed by atoms with E-state index >= 15 is 0 Å². The van der Waals surface area contributed by atoms with Gasteiger partial charge in [0.25, 0.3) is 5.91 Å². The van der Waals surface area contributed by atoms with E-state index in [0.717, 1.165) is 35.2 Å². The van der Waals surface area contributed by atoms with Crippen molar-refractivity contribution in [3.63, 3.8) is 0 Å². The first kappa shape index (κ1) is 29.8. The van der Waals surface area contributed by atoms with Crippen molar-refractivity contribution < 1.29 is 28.3 Å². The Balaban J connectivity index is 1.09. The number of hydrogen-bond acceptors (Lipinski definition) is 8. The van der Waals surface area contributed by atoms with Crippen LogP contribution in [-0.4, -0.2) is 54.6 Å².